The second-order valence-corrected chi connectivity index (χ2v) is 6.32. The van der Waals surface area contributed by atoms with Crippen molar-refractivity contribution in [2.75, 3.05) is 44.3 Å². The standard InChI is InChI=1S/C19H22N4O3/c24-19(21-14-15-2-1-5-20-13-15)23-8-6-22(7-9-23)16-3-4-17-18(12-16)26-11-10-25-17/h1-5,12-13H,6-11,14H2,(H,21,24). The van der Waals surface area contributed by atoms with E-state index < -0.39 is 0 Å². The quantitative estimate of drug-likeness (QED) is 0.912. The summed E-state index contributed by atoms with van der Waals surface area (Å²) in [7, 11) is 0. The van der Waals surface area contributed by atoms with Crippen LogP contribution in [-0.2, 0) is 6.54 Å². The third kappa shape index (κ3) is 3.66. The van der Waals surface area contributed by atoms with Crippen LogP contribution in [0.15, 0.2) is 42.7 Å². The predicted octanol–water partition coefficient (Wildman–Crippen LogP) is 1.88. The van der Waals surface area contributed by atoms with Gasteiger partial charge in [0.25, 0.3) is 0 Å². The van der Waals surface area contributed by atoms with Crippen LogP contribution in [-0.4, -0.2) is 55.3 Å². The molecule has 1 saturated heterocycles. The summed E-state index contributed by atoms with van der Waals surface area (Å²) in [6.45, 7) is 4.64. The molecule has 1 fully saturated rings. The Hall–Kier alpha value is -2.96. The van der Waals surface area contributed by atoms with Crippen LogP contribution in [0.3, 0.4) is 0 Å². The van der Waals surface area contributed by atoms with Gasteiger partial charge in [-0.1, -0.05) is 6.07 Å². The third-order valence-electron chi connectivity index (χ3n) is 4.62. The van der Waals surface area contributed by atoms with E-state index in [-0.39, 0.29) is 6.03 Å². The van der Waals surface area contributed by atoms with Crippen LogP contribution >= 0.6 is 0 Å². The Bertz CT molecular complexity index is 761. The van der Waals surface area contributed by atoms with Crippen LogP contribution in [0.5, 0.6) is 11.5 Å². The van der Waals surface area contributed by atoms with Gasteiger partial charge in [-0.3, -0.25) is 4.98 Å². The molecule has 0 bridgehead atoms. The second-order valence-electron chi connectivity index (χ2n) is 6.32. The number of carbonyl (C=O) groups excluding carboxylic acids is 1. The van der Waals surface area contributed by atoms with Crippen molar-refractivity contribution in [3.63, 3.8) is 0 Å². The monoisotopic (exact) mass is 354 g/mol. The Morgan fingerprint density at radius 3 is 2.65 bits per heavy atom. The fraction of sp³-hybridized carbons (Fsp3) is 0.368. The average molecular weight is 354 g/mol. The van der Waals surface area contributed by atoms with Gasteiger partial charge in [0.05, 0.1) is 0 Å². The first-order valence-corrected chi connectivity index (χ1v) is 8.86. The lowest BCUT2D eigenvalue weighted by Crippen LogP contribution is -2.51. The lowest BCUT2D eigenvalue weighted by atomic mass is 10.2. The number of fused-ring (bicyclic) bond motifs is 1. The maximum absolute atomic E-state index is 12.3. The number of nitrogens with zero attached hydrogens (tertiary/aromatic N) is 3. The number of rotatable bonds is 3. The second kappa shape index (κ2) is 7.51. The van der Waals surface area contributed by atoms with Gasteiger partial charge in [0, 0.05) is 56.9 Å². The molecule has 26 heavy (non-hydrogen) atoms. The van der Waals surface area contributed by atoms with Crippen molar-refractivity contribution in [2.24, 2.45) is 0 Å². The summed E-state index contributed by atoms with van der Waals surface area (Å²) in [6.07, 6.45) is 3.49. The molecule has 7 heteroatoms. The topological polar surface area (TPSA) is 66.9 Å². The van der Waals surface area contributed by atoms with Crippen molar-refractivity contribution < 1.29 is 14.3 Å². The third-order valence-corrected chi connectivity index (χ3v) is 4.62. The first-order valence-electron chi connectivity index (χ1n) is 8.86. The van der Waals surface area contributed by atoms with Crippen molar-refractivity contribution >= 4 is 11.7 Å². The van der Waals surface area contributed by atoms with Crippen LogP contribution in [0.4, 0.5) is 10.5 Å². The van der Waals surface area contributed by atoms with E-state index in [1.54, 1.807) is 12.4 Å². The number of carbonyl (C=O) groups is 1. The van der Waals surface area contributed by atoms with Crippen molar-refractivity contribution in [2.45, 2.75) is 6.54 Å². The van der Waals surface area contributed by atoms with E-state index >= 15 is 0 Å². The summed E-state index contributed by atoms with van der Waals surface area (Å²) in [6, 6.07) is 9.81. The van der Waals surface area contributed by atoms with Gasteiger partial charge in [-0.25, -0.2) is 4.79 Å². The number of ether oxygens (including phenoxy) is 2. The highest BCUT2D eigenvalue weighted by Crippen LogP contribution is 2.34. The Morgan fingerprint density at radius 1 is 1.08 bits per heavy atom. The zero-order valence-electron chi connectivity index (χ0n) is 14.6. The molecule has 2 amide bonds. The van der Waals surface area contributed by atoms with E-state index in [2.05, 4.69) is 15.2 Å². The SMILES string of the molecule is O=C(NCc1cccnc1)N1CCN(c2ccc3c(c2)OCCO3)CC1. The Morgan fingerprint density at radius 2 is 1.88 bits per heavy atom. The number of hydrogen-bond acceptors (Lipinski definition) is 5. The van der Waals surface area contributed by atoms with Crippen LogP contribution in [0.25, 0.3) is 0 Å². The molecule has 0 atom stereocenters. The number of hydrogen-bond donors (Lipinski definition) is 1. The molecular weight excluding hydrogens is 332 g/mol. The molecule has 0 spiro atoms. The summed E-state index contributed by atoms with van der Waals surface area (Å²) in [5.41, 5.74) is 2.10. The molecule has 2 aliphatic rings. The van der Waals surface area contributed by atoms with Gasteiger partial charge in [-0.05, 0) is 23.8 Å². The number of pyridine rings is 1. The lowest BCUT2D eigenvalue weighted by molar-refractivity contribution is 0.171. The first-order chi connectivity index (χ1) is 12.8. The molecule has 0 unspecified atom stereocenters. The van der Waals surface area contributed by atoms with E-state index in [0.29, 0.717) is 32.8 Å². The minimum absolute atomic E-state index is 0.0318. The molecule has 7 nitrogen and oxygen atoms in total. The molecular formula is C19H22N4O3. The van der Waals surface area contributed by atoms with Crippen LogP contribution in [0.2, 0.25) is 0 Å². The van der Waals surface area contributed by atoms with Gasteiger partial charge in [0.15, 0.2) is 11.5 Å². The fourth-order valence-corrected chi connectivity index (χ4v) is 3.19. The molecule has 3 heterocycles. The molecule has 0 aliphatic carbocycles. The molecule has 1 aromatic heterocycles. The molecule has 0 saturated carbocycles. The van der Waals surface area contributed by atoms with Crippen molar-refractivity contribution in [3.05, 3.63) is 48.3 Å². The molecule has 136 valence electrons. The Labute approximate surface area is 152 Å². The molecule has 2 aromatic rings. The maximum Gasteiger partial charge on any atom is 0.317 e. The highest BCUT2D eigenvalue weighted by Gasteiger charge is 2.22. The minimum Gasteiger partial charge on any atom is -0.486 e. The average Bonchev–Trinajstić information content (AvgIpc) is 2.72. The number of aromatic nitrogens is 1. The van der Waals surface area contributed by atoms with Crippen LogP contribution in [0, 0.1) is 0 Å². The first kappa shape index (κ1) is 16.5. The fourth-order valence-electron chi connectivity index (χ4n) is 3.19. The maximum atomic E-state index is 12.3. The lowest BCUT2D eigenvalue weighted by Gasteiger charge is -2.36. The zero-order chi connectivity index (χ0) is 17.8. The number of nitrogens with one attached hydrogen (secondary N) is 1. The minimum atomic E-state index is -0.0318. The number of amides is 2. The smallest absolute Gasteiger partial charge is 0.317 e. The van der Waals surface area contributed by atoms with Gasteiger partial charge >= 0.3 is 6.03 Å². The Kier molecular flexibility index (Phi) is 4.77. The molecule has 1 aromatic carbocycles. The Balaban J connectivity index is 1.30. The van der Waals surface area contributed by atoms with Gasteiger partial charge in [0.1, 0.15) is 13.2 Å². The summed E-state index contributed by atoms with van der Waals surface area (Å²) >= 11 is 0. The normalized spacial score (nSPS) is 16.3. The van der Waals surface area contributed by atoms with Gasteiger partial charge < -0.3 is 24.6 Å². The van der Waals surface area contributed by atoms with Crippen molar-refractivity contribution in [1.29, 1.82) is 0 Å². The van der Waals surface area contributed by atoms with Crippen molar-refractivity contribution in [1.82, 2.24) is 15.2 Å². The number of piperazine rings is 1. The van der Waals surface area contributed by atoms with E-state index in [1.165, 1.54) is 0 Å². The van der Waals surface area contributed by atoms with Gasteiger partial charge in [0.2, 0.25) is 0 Å². The van der Waals surface area contributed by atoms with E-state index in [9.17, 15) is 4.79 Å². The predicted molar refractivity (Wildman–Crippen MR) is 97.7 cm³/mol. The van der Waals surface area contributed by atoms with Crippen LogP contribution in [0.1, 0.15) is 5.56 Å². The summed E-state index contributed by atoms with van der Waals surface area (Å²) in [5.74, 6) is 1.60. The largest absolute Gasteiger partial charge is 0.486 e. The summed E-state index contributed by atoms with van der Waals surface area (Å²) in [4.78, 5) is 20.5. The number of anilines is 1. The zero-order valence-corrected chi connectivity index (χ0v) is 14.6. The number of urea groups is 1. The van der Waals surface area contributed by atoms with E-state index in [0.717, 1.165) is 35.8 Å². The molecule has 2 aliphatic heterocycles. The summed E-state index contributed by atoms with van der Waals surface area (Å²) in [5, 5.41) is 2.96. The highest BCUT2D eigenvalue weighted by molar-refractivity contribution is 5.74. The van der Waals surface area contributed by atoms with E-state index in [1.807, 2.05) is 35.2 Å². The highest BCUT2D eigenvalue weighted by atomic mass is 16.6. The van der Waals surface area contributed by atoms with Gasteiger partial charge in [-0.2, -0.15) is 0 Å². The van der Waals surface area contributed by atoms with Gasteiger partial charge in [-0.15, -0.1) is 0 Å². The molecule has 0 radical (unpaired) electrons. The molecule has 4 rings (SSSR count). The van der Waals surface area contributed by atoms with Crippen LogP contribution < -0.4 is 19.7 Å². The van der Waals surface area contributed by atoms with E-state index in [4.69, 9.17) is 9.47 Å². The van der Waals surface area contributed by atoms with Crippen molar-refractivity contribution in [3.8, 4) is 11.5 Å². The number of benzene rings is 1. The summed E-state index contributed by atoms with van der Waals surface area (Å²) < 4.78 is 11.2. The molecule has 1 N–H and O–H groups in total.